The van der Waals surface area contributed by atoms with Gasteiger partial charge < -0.3 is 9.73 Å². The normalized spacial score (nSPS) is 16.2. The van der Waals surface area contributed by atoms with Gasteiger partial charge in [0.2, 0.25) is 17.7 Å². The van der Waals surface area contributed by atoms with E-state index >= 15 is 0 Å². The summed E-state index contributed by atoms with van der Waals surface area (Å²) in [6.07, 6.45) is 0. The number of hydrogen-bond donors (Lipinski definition) is 1. The number of piperazine rings is 1. The highest BCUT2D eigenvalue weighted by molar-refractivity contribution is 5.92. The van der Waals surface area contributed by atoms with Crippen LogP contribution in [0.15, 0.2) is 52.9 Å². The second-order valence-corrected chi connectivity index (χ2v) is 8.22. The molecule has 0 spiro atoms. The number of nitrogens with zero attached hydrogens (tertiary/aromatic N) is 4. The summed E-state index contributed by atoms with van der Waals surface area (Å²) in [5.74, 6) is 1.20. The van der Waals surface area contributed by atoms with Crippen LogP contribution in [0, 0.1) is 13.8 Å². The van der Waals surface area contributed by atoms with Crippen molar-refractivity contribution >= 4 is 11.6 Å². The maximum absolute atomic E-state index is 12.4. The predicted octanol–water partition coefficient (Wildman–Crippen LogP) is 3.67. The first-order chi connectivity index (χ1) is 15.0. The molecule has 4 rings (SSSR count). The average Bonchev–Trinajstić information content (AvgIpc) is 3.26. The molecule has 2 aromatic carbocycles. The van der Waals surface area contributed by atoms with Gasteiger partial charge in [-0.05, 0) is 45.0 Å². The lowest BCUT2D eigenvalue weighted by Gasteiger charge is -2.36. The fraction of sp³-hybridized carbons (Fsp3) is 0.375. The van der Waals surface area contributed by atoms with Gasteiger partial charge in [-0.25, -0.2) is 0 Å². The van der Waals surface area contributed by atoms with E-state index in [1.165, 1.54) is 5.56 Å². The second-order valence-electron chi connectivity index (χ2n) is 8.22. The van der Waals surface area contributed by atoms with Crippen LogP contribution >= 0.6 is 0 Å². The van der Waals surface area contributed by atoms with E-state index in [2.05, 4.69) is 32.2 Å². The van der Waals surface area contributed by atoms with Crippen molar-refractivity contribution in [3.8, 4) is 11.5 Å². The molecule has 162 valence electrons. The molecule has 1 aliphatic heterocycles. The lowest BCUT2D eigenvalue weighted by atomic mass is 10.1. The molecule has 31 heavy (non-hydrogen) atoms. The molecule has 1 atom stereocenters. The molecule has 3 aromatic rings. The van der Waals surface area contributed by atoms with Crippen molar-refractivity contribution in [3.63, 3.8) is 0 Å². The summed E-state index contributed by atoms with van der Waals surface area (Å²) < 4.78 is 5.96. The summed E-state index contributed by atoms with van der Waals surface area (Å²) >= 11 is 0. The Hall–Kier alpha value is -3.03. The quantitative estimate of drug-likeness (QED) is 0.657. The molecule has 7 heteroatoms. The fourth-order valence-corrected chi connectivity index (χ4v) is 3.80. The number of nitrogens with one attached hydrogen (secondary N) is 1. The standard InChI is InChI=1S/C24H29N5O2/c1-17-7-9-21(10-8-17)25-22(30)16-28-11-13-29(14-12-28)19(3)23-26-27-24(31-23)20-6-4-5-18(2)15-20/h4-10,15,19H,11-14,16H2,1-3H3,(H,25,30)/t19-/m1/s1. The Labute approximate surface area is 183 Å². The van der Waals surface area contributed by atoms with Crippen molar-refractivity contribution in [1.29, 1.82) is 0 Å². The molecule has 0 bridgehead atoms. The maximum Gasteiger partial charge on any atom is 0.247 e. The van der Waals surface area contributed by atoms with Gasteiger partial charge in [-0.3, -0.25) is 14.6 Å². The summed E-state index contributed by atoms with van der Waals surface area (Å²) in [5.41, 5.74) is 4.11. The molecule has 1 aromatic heterocycles. The Morgan fingerprint density at radius 2 is 1.77 bits per heavy atom. The number of aromatic nitrogens is 2. The summed E-state index contributed by atoms with van der Waals surface area (Å²) in [6.45, 7) is 9.91. The van der Waals surface area contributed by atoms with Crippen LogP contribution in [-0.2, 0) is 4.79 Å². The number of carbonyl (C=O) groups is 1. The summed E-state index contributed by atoms with van der Waals surface area (Å²) in [5, 5.41) is 11.5. The van der Waals surface area contributed by atoms with Crippen LogP contribution in [0.25, 0.3) is 11.5 Å². The molecule has 1 saturated heterocycles. The van der Waals surface area contributed by atoms with E-state index < -0.39 is 0 Å². The van der Waals surface area contributed by atoms with Gasteiger partial charge in [0.1, 0.15) is 0 Å². The smallest absolute Gasteiger partial charge is 0.247 e. The molecule has 1 fully saturated rings. The highest BCUT2D eigenvalue weighted by atomic mass is 16.4. The van der Waals surface area contributed by atoms with Crippen LogP contribution < -0.4 is 5.32 Å². The zero-order valence-corrected chi connectivity index (χ0v) is 18.3. The number of benzene rings is 2. The zero-order chi connectivity index (χ0) is 21.8. The largest absolute Gasteiger partial charge is 0.419 e. The lowest BCUT2D eigenvalue weighted by molar-refractivity contribution is -0.117. The molecule has 0 aliphatic carbocycles. The summed E-state index contributed by atoms with van der Waals surface area (Å²) in [4.78, 5) is 16.9. The molecule has 2 heterocycles. The molecule has 1 aliphatic rings. The SMILES string of the molecule is Cc1ccc(NC(=O)CN2CCN([C@H](C)c3nnc(-c4cccc(C)c4)o3)CC2)cc1. The third-order valence-electron chi connectivity index (χ3n) is 5.72. The van der Waals surface area contributed by atoms with Crippen molar-refractivity contribution < 1.29 is 9.21 Å². The van der Waals surface area contributed by atoms with E-state index in [0.717, 1.165) is 43.0 Å². The van der Waals surface area contributed by atoms with Crippen molar-refractivity contribution in [2.24, 2.45) is 0 Å². The van der Waals surface area contributed by atoms with Gasteiger partial charge in [0.25, 0.3) is 0 Å². The average molecular weight is 420 g/mol. The molecular formula is C24H29N5O2. The van der Waals surface area contributed by atoms with Crippen LogP contribution in [0.3, 0.4) is 0 Å². The molecule has 0 radical (unpaired) electrons. The minimum absolute atomic E-state index is 0.0186. The van der Waals surface area contributed by atoms with Crippen molar-refractivity contribution in [3.05, 3.63) is 65.5 Å². The maximum atomic E-state index is 12.4. The summed E-state index contributed by atoms with van der Waals surface area (Å²) in [6, 6.07) is 16.0. The van der Waals surface area contributed by atoms with Crippen LogP contribution in [-0.4, -0.2) is 58.6 Å². The third-order valence-corrected chi connectivity index (χ3v) is 5.72. The topological polar surface area (TPSA) is 74.5 Å². The Kier molecular flexibility index (Phi) is 6.44. The number of rotatable bonds is 6. The lowest BCUT2D eigenvalue weighted by Crippen LogP contribution is -2.49. The molecule has 7 nitrogen and oxygen atoms in total. The highest BCUT2D eigenvalue weighted by Crippen LogP contribution is 2.25. The number of aryl methyl sites for hydroxylation is 2. The van der Waals surface area contributed by atoms with Crippen molar-refractivity contribution in [2.45, 2.75) is 26.8 Å². The number of amides is 1. The molecule has 0 unspecified atom stereocenters. The Balaban J connectivity index is 1.28. The first kappa shape index (κ1) is 21.2. The van der Waals surface area contributed by atoms with Gasteiger partial charge in [0, 0.05) is 37.4 Å². The first-order valence-electron chi connectivity index (χ1n) is 10.7. The Bertz CT molecular complexity index is 1020. The minimum Gasteiger partial charge on any atom is -0.419 e. The van der Waals surface area contributed by atoms with Crippen molar-refractivity contribution in [2.75, 3.05) is 38.0 Å². The molecule has 1 amide bonds. The molecule has 1 N–H and O–H groups in total. The van der Waals surface area contributed by atoms with Crippen LogP contribution in [0.1, 0.15) is 30.0 Å². The fourth-order valence-electron chi connectivity index (χ4n) is 3.80. The number of hydrogen-bond acceptors (Lipinski definition) is 6. The van der Waals surface area contributed by atoms with E-state index in [-0.39, 0.29) is 11.9 Å². The van der Waals surface area contributed by atoms with E-state index in [4.69, 9.17) is 4.42 Å². The second kappa shape index (κ2) is 9.41. The van der Waals surface area contributed by atoms with Crippen LogP contribution in [0.4, 0.5) is 5.69 Å². The zero-order valence-electron chi connectivity index (χ0n) is 18.3. The van der Waals surface area contributed by atoms with Gasteiger partial charge in [0.05, 0.1) is 12.6 Å². The number of carbonyl (C=O) groups excluding carboxylic acids is 1. The first-order valence-corrected chi connectivity index (χ1v) is 10.7. The van der Waals surface area contributed by atoms with Gasteiger partial charge in [-0.1, -0.05) is 35.4 Å². The van der Waals surface area contributed by atoms with Crippen LogP contribution in [0.5, 0.6) is 0 Å². The molecule has 0 saturated carbocycles. The van der Waals surface area contributed by atoms with Gasteiger partial charge >= 0.3 is 0 Å². The van der Waals surface area contributed by atoms with Gasteiger partial charge in [-0.15, -0.1) is 10.2 Å². The van der Waals surface area contributed by atoms with Gasteiger partial charge in [0.15, 0.2) is 0 Å². The molecular weight excluding hydrogens is 390 g/mol. The van der Waals surface area contributed by atoms with Crippen molar-refractivity contribution in [1.82, 2.24) is 20.0 Å². The van der Waals surface area contributed by atoms with E-state index in [1.807, 2.05) is 62.4 Å². The Morgan fingerprint density at radius 3 is 2.48 bits per heavy atom. The van der Waals surface area contributed by atoms with E-state index in [9.17, 15) is 4.79 Å². The predicted molar refractivity (Wildman–Crippen MR) is 121 cm³/mol. The minimum atomic E-state index is 0.0186. The van der Waals surface area contributed by atoms with Gasteiger partial charge in [-0.2, -0.15) is 0 Å². The van der Waals surface area contributed by atoms with E-state index in [0.29, 0.717) is 18.3 Å². The number of anilines is 1. The monoisotopic (exact) mass is 419 g/mol. The highest BCUT2D eigenvalue weighted by Gasteiger charge is 2.26. The Morgan fingerprint density at radius 1 is 1.03 bits per heavy atom. The van der Waals surface area contributed by atoms with Crippen LogP contribution in [0.2, 0.25) is 0 Å². The van der Waals surface area contributed by atoms with E-state index in [1.54, 1.807) is 0 Å². The summed E-state index contributed by atoms with van der Waals surface area (Å²) in [7, 11) is 0. The third kappa shape index (κ3) is 5.37.